The van der Waals surface area contributed by atoms with Crippen molar-refractivity contribution >= 4 is 34.5 Å². The Morgan fingerprint density at radius 3 is 2.74 bits per heavy atom. The van der Waals surface area contributed by atoms with Crippen molar-refractivity contribution in [2.24, 2.45) is 0 Å². The fourth-order valence-electron chi connectivity index (χ4n) is 2.17. The molecule has 0 atom stereocenters. The van der Waals surface area contributed by atoms with E-state index in [1.807, 2.05) is 48.5 Å². The fraction of sp³-hybridized carbons (Fsp3) is 0.0556. The van der Waals surface area contributed by atoms with Gasteiger partial charge in [-0.25, -0.2) is 14.8 Å². The SMILES string of the molecule is COC(=O)/C=C/c1ccc2c(Nc3ccccc3)ncnc2c1. The lowest BCUT2D eigenvalue weighted by molar-refractivity contribution is -0.134. The molecule has 0 bridgehead atoms. The Bertz CT molecular complexity index is 861. The third kappa shape index (κ3) is 3.52. The van der Waals surface area contributed by atoms with E-state index >= 15 is 0 Å². The Labute approximate surface area is 133 Å². The molecule has 5 heteroatoms. The first-order valence-corrected chi connectivity index (χ1v) is 7.09. The lowest BCUT2D eigenvalue weighted by Gasteiger charge is -2.08. The Hall–Kier alpha value is -3.21. The second-order valence-electron chi connectivity index (χ2n) is 4.85. The van der Waals surface area contributed by atoms with Crippen molar-refractivity contribution in [3.63, 3.8) is 0 Å². The molecule has 0 spiro atoms. The molecule has 1 heterocycles. The van der Waals surface area contributed by atoms with E-state index in [0.717, 1.165) is 28.0 Å². The Kier molecular flexibility index (Phi) is 4.29. The average molecular weight is 305 g/mol. The van der Waals surface area contributed by atoms with E-state index in [1.165, 1.54) is 19.5 Å². The van der Waals surface area contributed by atoms with Crippen molar-refractivity contribution in [2.75, 3.05) is 12.4 Å². The first-order chi connectivity index (χ1) is 11.3. The highest BCUT2D eigenvalue weighted by Crippen LogP contribution is 2.24. The van der Waals surface area contributed by atoms with E-state index in [1.54, 1.807) is 6.08 Å². The highest BCUT2D eigenvalue weighted by atomic mass is 16.5. The van der Waals surface area contributed by atoms with Gasteiger partial charge >= 0.3 is 5.97 Å². The highest BCUT2D eigenvalue weighted by molar-refractivity contribution is 5.93. The maximum atomic E-state index is 11.2. The second kappa shape index (κ2) is 6.70. The summed E-state index contributed by atoms with van der Waals surface area (Å²) in [7, 11) is 1.35. The van der Waals surface area contributed by atoms with E-state index in [-0.39, 0.29) is 5.97 Å². The zero-order chi connectivity index (χ0) is 16.1. The van der Waals surface area contributed by atoms with Crippen LogP contribution >= 0.6 is 0 Å². The highest BCUT2D eigenvalue weighted by Gasteiger charge is 2.04. The number of esters is 1. The molecule has 0 aliphatic rings. The van der Waals surface area contributed by atoms with Crippen LogP contribution in [0.2, 0.25) is 0 Å². The minimum absolute atomic E-state index is 0.390. The molecule has 0 amide bonds. The summed E-state index contributed by atoms with van der Waals surface area (Å²) in [5, 5.41) is 4.19. The topological polar surface area (TPSA) is 64.1 Å². The van der Waals surface area contributed by atoms with Gasteiger partial charge in [0.2, 0.25) is 0 Å². The van der Waals surface area contributed by atoms with Gasteiger partial charge in [-0.2, -0.15) is 0 Å². The van der Waals surface area contributed by atoms with Gasteiger partial charge in [-0.1, -0.05) is 24.3 Å². The average Bonchev–Trinajstić information content (AvgIpc) is 2.60. The van der Waals surface area contributed by atoms with Crippen molar-refractivity contribution in [2.45, 2.75) is 0 Å². The van der Waals surface area contributed by atoms with Crippen LogP contribution in [0, 0.1) is 0 Å². The van der Waals surface area contributed by atoms with Crippen LogP contribution in [0.5, 0.6) is 0 Å². The summed E-state index contributed by atoms with van der Waals surface area (Å²) in [6, 6.07) is 15.6. The molecule has 0 saturated carbocycles. The van der Waals surface area contributed by atoms with Crippen LogP contribution in [0.15, 0.2) is 60.9 Å². The van der Waals surface area contributed by atoms with Gasteiger partial charge in [0.1, 0.15) is 12.1 Å². The van der Waals surface area contributed by atoms with Crippen molar-refractivity contribution in [3.05, 3.63) is 66.5 Å². The number of ether oxygens (including phenoxy) is 1. The molecule has 0 aliphatic heterocycles. The van der Waals surface area contributed by atoms with Gasteiger partial charge in [0.15, 0.2) is 0 Å². The van der Waals surface area contributed by atoms with Gasteiger partial charge in [-0.05, 0) is 35.9 Å². The molecule has 1 aromatic heterocycles. The van der Waals surface area contributed by atoms with Gasteiger partial charge in [0.25, 0.3) is 0 Å². The van der Waals surface area contributed by atoms with Crippen LogP contribution < -0.4 is 5.32 Å². The van der Waals surface area contributed by atoms with Crippen LogP contribution in [-0.2, 0) is 9.53 Å². The molecule has 2 aromatic carbocycles. The Morgan fingerprint density at radius 2 is 1.96 bits per heavy atom. The molecule has 0 radical (unpaired) electrons. The molecule has 5 nitrogen and oxygen atoms in total. The van der Waals surface area contributed by atoms with Crippen molar-refractivity contribution in [1.29, 1.82) is 0 Å². The monoisotopic (exact) mass is 305 g/mol. The second-order valence-corrected chi connectivity index (χ2v) is 4.85. The molecule has 3 rings (SSSR count). The predicted molar refractivity (Wildman–Crippen MR) is 90.3 cm³/mol. The van der Waals surface area contributed by atoms with E-state index < -0.39 is 0 Å². The zero-order valence-electron chi connectivity index (χ0n) is 12.6. The number of rotatable bonds is 4. The van der Waals surface area contributed by atoms with Crippen molar-refractivity contribution in [3.8, 4) is 0 Å². The first kappa shape index (κ1) is 14.7. The number of hydrogen-bond donors (Lipinski definition) is 1. The molecule has 0 aliphatic carbocycles. The maximum absolute atomic E-state index is 11.2. The first-order valence-electron chi connectivity index (χ1n) is 7.09. The van der Waals surface area contributed by atoms with Gasteiger partial charge < -0.3 is 10.1 Å². The molecule has 3 aromatic rings. The summed E-state index contributed by atoms with van der Waals surface area (Å²) in [6.07, 6.45) is 4.59. The van der Waals surface area contributed by atoms with Crippen LogP contribution in [-0.4, -0.2) is 23.0 Å². The van der Waals surface area contributed by atoms with Crippen LogP contribution in [0.1, 0.15) is 5.56 Å². The number of fused-ring (bicyclic) bond motifs is 1. The number of carbonyl (C=O) groups excluding carboxylic acids is 1. The number of hydrogen-bond acceptors (Lipinski definition) is 5. The van der Waals surface area contributed by atoms with Gasteiger partial charge in [-0.15, -0.1) is 0 Å². The third-order valence-corrected chi connectivity index (χ3v) is 3.31. The van der Waals surface area contributed by atoms with E-state index in [0.29, 0.717) is 0 Å². The number of para-hydroxylation sites is 1. The summed E-state index contributed by atoms with van der Waals surface area (Å²) in [5.41, 5.74) is 2.62. The van der Waals surface area contributed by atoms with Gasteiger partial charge in [-0.3, -0.25) is 0 Å². The van der Waals surface area contributed by atoms with Crippen molar-refractivity contribution in [1.82, 2.24) is 9.97 Å². The maximum Gasteiger partial charge on any atom is 0.330 e. The minimum Gasteiger partial charge on any atom is -0.466 e. The zero-order valence-corrected chi connectivity index (χ0v) is 12.6. The standard InChI is InChI=1S/C18H15N3O2/c1-23-17(22)10-8-13-7-9-15-16(11-13)19-12-20-18(15)21-14-5-3-2-4-6-14/h2-12H,1H3,(H,19,20,21)/b10-8+. The smallest absolute Gasteiger partial charge is 0.330 e. The largest absolute Gasteiger partial charge is 0.466 e. The molecule has 0 fully saturated rings. The number of anilines is 2. The summed E-state index contributed by atoms with van der Waals surface area (Å²) in [6.45, 7) is 0. The summed E-state index contributed by atoms with van der Waals surface area (Å²) < 4.78 is 4.58. The van der Waals surface area contributed by atoms with Crippen LogP contribution in [0.25, 0.3) is 17.0 Å². The lowest BCUT2D eigenvalue weighted by Crippen LogP contribution is -1.96. The molecular weight excluding hydrogens is 290 g/mol. The minimum atomic E-state index is -0.390. The number of aromatic nitrogens is 2. The lowest BCUT2D eigenvalue weighted by atomic mass is 10.1. The number of nitrogens with one attached hydrogen (secondary N) is 1. The van der Waals surface area contributed by atoms with Crippen molar-refractivity contribution < 1.29 is 9.53 Å². The fourth-order valence-corrected chi connectivity index (χ4v) is 2.17. The molecule has 114 valence electrons. The Balaban J connectivity index is 1.93. The summed E-state index contributed by atoms with van der Waals surface area (Å²) >= 11 is 0. The molecule has 0 unspecified atom stereocenters. The van der Waals surface area contributed by atoms with Crippen LogP contribution in [0.3, 0.4) is 0 Å². The van der Waals surface area contributed by atoms with E-state index in [9.17, 15) is 4.79 Å². The number of nitrogens with zero attached hydrogens (tertiary/aromatic N) is 2. The normalized spacial score (nSPS) is 10.8. The summed E-state index contributed by atoms with van der Waals surface area (Å²) in [4.78, 5) is 19.8. The predicted octanol–water partition coefficient (Wildman–Crippen LogP) is 3.56. The van der Waals surface area contributed by atoms with Gasteiger partial charge in [0.05, 0.1) is 12.6 Å². The molecular formula is C18H15N3O2. The molecule has 23 heavy (non-hydrogen) atoms. The number of carbonyl (C=O) groups is 1. The molecule has 1 N–H and O–H groups in total. The summed E-state index contributed by atoms with van der Waals surface area (Å²) in [5.74, 6) is 0.351. The van der Waals surface area contributed by atoms with E-state index in [2.05, 4.69) is 20.0 Å². The van der Waals surface area contributed by atoms with Gasteiger partial charge in [0, 0.05) is 17.1 Å². The number of methoxy groups -OCH3 is 1. The quantitative estimate of drug-likeness (QED) is 0.590. The third-order valence-electron chi connectivity index (χ3n) is 3.31. The Morgan fingerprint density at radius 1 is 1.13 bits per heavy atom. The number of benzene rings is 2. The molecule has 0 saturated heterocycles. The van der Waals surface area contributed by atoms with Crippen LogP contribution in [0.4, 0.5) is 11.5 Å². The van der Waals surface area contributed by atoms with E-state index in [4.69, 9.17) is 0 Å².